The van der Waals surface area contributed by atoms with E-state index in [1.54, 1.807) is 23.5 Å². The first-order chi connectivity index (χ1) is 10.1. The molecule has 4 N–H and O–H groups in total. The average Bonchev–Trinajstić information content (AvgIpc) is 3.00. The summed E-state index contributed by atoms with van der Waals surface area (Å²) in [6, 6.07) is 7.51. The number of nitrogens with one attached hydrogen (secondary N) is 2. The fraction of sp³-hybridized carbons (Fsp3) is 0.333. The molecule has 5 nitrogen and oxygen atoms in total. The number of amides is 1. The maximum atomic E-state index is 12.4. The summed E-state index contributed by atoms with van der Waals surface area (Å²) in [5.74, 6) is 5.75. The molecule has 2 heterocycles. The van der Waals surface area contributed by atoms with Gasteiger partial charge in [0.2, 0.25) is 0 Å². The zero-order valence-electron chi connectivity index (χ0n) is 12.2. The van der Waals surface area contributed by atoms with Crippen LogP contribution in [-0.4, -0.2) is 10.9 Å². The topological polar surface area (TPSA) is 80.0 Å². The number of anilines is 1. The molecule has 0 fully saturated rings. The van der Waals surface area contributed by atoms with Crippen LogP contribution in [0.1, 0.15) is 46.7 Å². The third-order valence-corrected chi connectivity index (χ3v) is 4.12. The third-order valence-electron chi connectivity index (χ3n) is 3.13. The summed E-state index contributed by atoms with van der Waals surface area (Å²) in [5, 5.41) is 5.12. The van der Waals surface area contributed by atoms with E-state index in [0.717, 1.165) is 18.5 Å². The number of rotatable bonds is 6. The van der Waals surface area contributed by atoms with Crippen LogP contribution in [0.4, 0.5) is 5.82 Å². The molecule has 2 aromatic rings. The lowest BCUT2D eigenvalue weighted by Crippen LogP contribution is -2.28. The van der Waals surface area contributed by atoms with Crippen molar-refractivity contribution >= 4 is 23.1 Å². The lowest BCUT2D eigenvalue weighted by atomic mass is 10.1. The van der Waals surface area contributed by atoms with Crippen LogP contribution in [0.3, 0.4) is 0 Å². The highest BCUT2D eigenvalue weighted by Crippen LogP contribution is 2.23. The number of thiophene rings is 1. The summed E-state index contributed by atoms with van der Waals surface area (Å²) in [6.45, 7) is 3.94. The summed E-state index contributed by atoms with van der Waals surface area (Å²) < 4.78 is 0. The first-order valence-corrected chi connectivity index (χ1v) is 7.81. The number of nitrogens with two attached hydrogens (primary N) is 1. The first kappa shape index (κ1) is 15.5. The maximum Gasteiger partial charge on any atom is 0.251 e. The molecular formula is C15H20N4OS. The van der Waals surface area contributed by atoms with Gasteiger partial charge >= 0.3 is 0 Å². The maximum absolute atomic E-state index is 12.4. The molecule has 0 spiro atoms. The van der Waals surface area contributed by atoms with Gasteiger partial charge in [-0.05, 0) is 36.9 Å². The zero-order chi connectivity index (χ0) is 15.2. The van der Waals surface area contributed by atoms with E-state index in [2.05, 4.69) is 28.7 Å². The van der Waals surface area contributed by atoms with Gasteiger partial charge in [0, 0.05) is 16.1 Å². The Balaban J connectivity index is 2.17. The lowest BCUT2D eigenvalue weighted by Gasteiger charge is -2.17. The van der Waals surface area contributed by atoms with Crippen LogP contribution in [0, 0.1) is 6.92 Å². The highest BCUT2D eigenvalue weighted by atomic mass is 32.1. The monoisotopic (exact) mass is 304 g/mol. The fourth-order valence-electron chi connectivity index (χ4n) is 2.18. The molecule has 0 saturated heterocycles. The Morgan fingerprint density at radius 3 is 2.90 bits per heavy atom. The largest absolute Gasteiger partial charge is 0.344 e. The van der Waals surface area contributed by atoms with Crippen LogP contribution >= 0.6 is 11.3 Å². The minimum Gasteiger partial charge on any atom is -0.344 e. The standard InChI is InChI=1S/C15H20N4OS/c1-3-5-12(13-6-4-7-21-13)18-15(20)11-8-10(2)17-14(9-11)19-16/h4,6-9,12H,3,5,16H2,1-2H3,(H,17,19)(H,18,20). The van der Waals surface area contributed by atoms with Gasteiger partial charge in [0.05, 0.1) is 6.04 Å². The molecule has 1 amide bonds. The molecule has 2 rings (SSSR count). The van der Waals surface area contributed by atoms with E-state index in [1.807, 2.05) is 18.4 Å². The second-order valence-electron chi connectivity index (χ2n) is 4.86. The molecule has 0 aliphatic heterocycles. The van der Waals surface area contributed by atoms with Gasteiger partial charge in [-0.2, -0.15) is 0 Å². The van der Waals surface area contributed by atoms with Crippen LogP contribution in [0.2, 0.25) is 0 Å². The van der Waals surface area contributed by atoms with Crippen molar-refractivity contribution in [2.24, 2.45) is 5.84 Å². The average molecular weight is 304 g/mol. The van der Waals surface area contributed by atoms with Gasteiger partial charge in [0.15, 0.2) is 0 Å². The minimum absolute atomic E-state index is 0.0465. The normalized spacial score (nSPS) is 12.0. The van der Waals surface area contributed by atoms with Crippen molar-refractivity contribution in [1.29, 1.82) is 0 Å². The van der Waals surface area contributed by atoms with Crippen LogP contribution in [-0.2, 0) is 0 Å². The molecule has 6 heteroatoms. The van der Waals surface area contributed by atoms with Gasteiger partial charge in [-0.3, -0.25) is 4.79 Å². The number of pyridine rings is 1. The molecule has 0 bridgehead atoms. The van der Waals surface area contributed by atoms with E-state index in [1.165, 1.54) is 4.88 Å². The van der Waals surface area contributed by atoms with Crippen LogP contribution in [0.25, 0.3) is 0 Å². The molecule has 0 aliphatic rings. The number of carbonyl (C=O) groups is 1. The van der Waals surface area contributed by atoms with Crippen LogP contribution < -0.4 is 16.6 Å². The lowest BCUT2D eigenvalue weighted by molar-refractivity contribution is 0.0935. The van der Waals surface area contributed by atoms with E-state index < -0.39 is 0 Å². The summed E-state index contributed by atoms with van der Waals surface area (Å²) in [7, 11) is 0. The van der Waals surface area contributed by atoms with E-state index >= 15 is 0 Å². The highest BCUT2D eigenvalue weighted by Gasteiger charge is 2.16. The number of hydrogen-bond acceptors (Lipinski definition) is 5. The molecule has 21 heavy (non-hydrogen) atoms. The number of aromatic nitrogens is 1. The quantitative estimate of drug-likeness (QED) is 0.566. The highest BCUT2D eigenvalue weighted by molar-refractivity contribution is 7.10. The first-order valence-electron chi connectivity index (χ1n) is 6.93. The van der Waals surface area contributed by atoms with E-state index in [9.17, 15) is 4.79 Å². The van der Waals surface area contributed by atoms with Crippen molar-refractivity contribution in [3.8, 4) is 0 Å². The van der Waals surface area contributed by atoms with Crippen molar-refractivity contribution in [3.05, 3.63) is 45.8 Å². The second-order valence-corrected chi connectivity index (χ2v) is 5.84. The van der Waals surface area contributed by atoms with Crippen molar-refractivity contribution in [2.45, 2.75) is 32.7 Å². The molecule has 112 valence electrons. The molecule has 1 unspecified atom stereocenters. The summed E-state index contributed by atoms with van der Waals surface area (Å²) in [5.41, 5.74) is 3.79. The number of carbonyl (C=O) groups excluding carboxylic acids is 1. The summed E-state index contributed by atoms with van der Waals surface area (Å²) >= 11 is 1.66. The Morgan fingerprint density at radius 2 is 2.29 bits per heavy atom. The molecule has 0 radical (unpaired) electrons. The van der Waals surface area contributed by atoms with Crippen LogP contribution in [0.5, 0.6) is 0 Å². The Morgan fingerprint density at radius 1 is 1.48 bits per heavy atom. The minimum atomic E-state index is -0.108. The number of aryl methyl sites for hydroxylation is 1. The molecule has 1 atom stereocenters. The zero-order valence-corrected chi connectivity index (χ0v) is 13.0. The van der Waals surface area contributed by atoms with E-state index in [0.29, 0.717) is 11.4 Å². The molecule has 0 saturated carbocycles. The number of nitrogen functional groups attached to an aromatic ring is 1. The summed E-state index contributed by atoms with van der Waals surface area (Å²) in [6.07, 6.45) is 1.92. The van der Waals surface area contributed by atoms with E-state index in [4.69, 9.17) is 5.84 Å². The van der Waals surface area contributed by atoms with Gasteiger partial charge in [-0.1, -0.05) is 19.4 Å². The van der Waals surface area contributed by atoms with Crippen molar-refractivity contribution in [2.75, 3.05) is 5.43 Å². The Labute approximate surface area is 128 Å². The van der Waals surface area contributed by atoms with Gasteiger partial charge in [-0.15, -0.1) is 11.3 Å². The molecular weight excluding hydrogens is 284 g/mol. The van der Waals surface area contributed by atoms with Gasteiger partial charge in [-0.25, -0.2) is 10.8 Å². The molecule has 0 aromatic carbocycles. The number of hydrogen-bond donors (Lipinski definition) is 3. The summed E-state index contributed by atoms with van der Waals surface area (Å²) in [4.78, 5) is 17.8. The van der Waals surface area contributed by atoms with Gasteiger partial charge < -0.3 is 10.7 Å². The number of hydrazine groups is 1. The van der Waals surface area contributed by atoms with Crippen molar-refractivity contribution < 1.29 is 4.79 Å². The molecule has 2 aromatic heterocycles. The predicted molar refractivity (Wildman–Crippen MR) is 86.2 cm³/mol. The van der Waals surface area contributed by atoms with Gasteiger partial charge in [0.1, 0.15) is 5.82 Å². The Hall–Kier alpha value is -1.92. The second kappa shape index (κ2) is 7.19. The smallest absolute Gasteiger partial charge is 0.251 e. The fourth-order valence-corrected chi connectivity index (χ4v) is 2.99. The van der Waals surface area contributed by atoms with Crippen LogP contribution in [0.15, 0.2) is 29.6 Å². The SMILES string of the molecule is CCCC(NC(=O)c1cc(C)nc(NN)c1)c1cccs1. The van der Waals surface area contributed by atoms with Gasteiger partial charge in [0.25, 0.3) is 5.91 Å². The number of nitrogens with zero attached hydrogens (tertiary/aromatic N) is 1. The van der Waals surface area contributed by atoms with E-state index in [-0.39, 0.29) is 11.9 Å². The molecule has 0 aliphatic carbocycles. The third kappa shape index (κ3) is 4.03. The van der Waals surface area contributed by atoms with Crippen molar-refractivity contribution in [3.63, 3.8) is 0 Å². The Kier molecular flexibility index (Phi) is 5.30. The predicted octanol–water partition coefficient (Wildman–Crippen LogP) is 3.01. The van der Waals surface area contributed by atoms with Crippen molar-refractivity contribution in [1.82, 2.24) is 10.3 Å². The Bertz CT molecular complexity index is 598.